The first kappa shape index (κ1) is 12.5. The zero-order valence-electron chi connectivity index (χ0n) is 9.56. The minimum Gasteiger partial charge on any atom is -0.481 e. The molecule has 2 unspecified atom stereocenters. The molecule has 0 spiro atoms. The van der Waals surface area contributed by atoms with Crippen LogP contribution in [0.2, 0.25) is 0 Å². The second kappa shape index (κ2) is 5.49. The van der Waals surface area contributed by atoms with Crippen LogP contribution < -0.4 is 5.32 Å². The van der Waals surface area contributed by atoms with E-state index in [4.69, 9.17) is 5.11 Å². The summed E-state index contributed by atoms with van der Waals surface area (Å²) in [5, 5.41) is 11.7. The van der Waals surface area contributed by atoms with Crippen LogP contribution in [-0.2, 0) is 9.59 Å². The zero-order chi connectivity index (χ0) is 12.1. The molecule has 0 aromatic heterocycles. The van der Waals surface area contributed by atoms with E-state index >= 15 is 0 Å². The minimum absolute atomic E-state index is 0.202. The van der Waals surface area contributed by atoms with E-state index < -0.39 is 17.8 Å². The number of hydrogen-bond acceptors (Lipinski definition) is 2. The highest BCUT2D eigenvalue weighted by atomic mass is 16.4. The SMILES string of the molecule is CC=C(C)NC(=O)C1CC=CCC1C(=O)O. The predicted molar refractivity (Wildman–Crippen MR) is 60.6 cm³/mol. The second-order valence-corrected chi connectivity index (χ2v) is 3.95. The molecular weight excluding hydrogens is 206 g/mol. The molecule has 16 heavy (non-hydrogen) atoms. The number of carboxylic acid groups (broad SMARTS) is 1. The Kier molecular flexibility index (Phi) is 4.28. The first-order valence-corrected chi connectivity index (χ1v) is 5.37. The summed E-state index contributed by atoms with van der Waals surface area (Å²) >= 11 is 0. The highest BCUT2D eigenvalue weighted by molar-refractivity contribution is 5.86. The van der Waals surface area contributed by atoms with E-state index in [0.717, 1.165) is 5.70 Å². The Morgan fingerprint density at radius 1 is 1.31 bits per heavy atom. The molecule has 0 bridgehead atoms. The molecule has 0 saturated heterocycles. The Balaban J connectivity index is 2.73. The van der Waals surface area contributed by atoms with E-state index in [1.807, 2.05) is 19.1 Å². The molecule has 0 heterocycles. The Morgan fingerprint density at radius 2 is 1.88 bits per heavy atom. The maximum Gasteiger partial charge on any atom is 0.307 e. The summed E-state index contributed by atoms with van der Waals surface area (Å²) in [6, 6.07) is 0. The lowest BCUT2D eigenvalue weighted by Crippen LogP contribution is -2.38. The van der Waals surface area contributed by atoms with Crippen molar-refractivity contribution in [3.63, 3.8) is 0 Å². The van der Waals surface area contributed by atoms with Gasteiger partial charge in [0.2, 0.25) is 5.91 Å². The Morgan fingerprint density at radius 3 is 2.38 bits per heavy atom. The second-order valence-electron chi connectivity index (χ2n) is 3.95. The summed E-state index contributed by atoms with van der Waals surface area (Å²) in [4.78, 5) is 22.8. The van der Waals surface area contributed by atoms with Crippen molar-refractivity contribution in [2.45, 2.75) is 26.7 Å². The standard InChI is InChI=1S/C12H17NO3/c1-3-8(2)13-11(14)9-6-4-5-7-10(9)12(15)16/h3-5,9-10H,6-7H2,1-2H3,(H,13,14)(H,15,16). The molecule has 4 nitrogen and oxygen atoms in total. The van der Waals surface area contributed by atoms with Gasteiger partial charge in [-0.25, -0.2) is 0 Å². The molecule has 0 aromatic rings. The van der Waals surface area contributed by atoms with Crippen LogP contribution >= 0.6 is 0 Å². The van der Waals surface area contributed by atoms with Crippen molar-refractivity contribution < 1.29 is 14.7 Å². The van der Waals surface area contributed by atoms with Gasteiger partial charge in [-0.05, 0) is 26.7 Å². The van der Waals surface area contributed by atoms with Crippen molar-refractivity contribution in [3.05, 3.63) is 23.9 Å². The summed E-state index contributed by atoms with van der Waals surface area (Å²) in [6.45, 7) is 3.61. The average molecular weight is 223 g/mol. The summed E-state index contributed by atoms with van der Waals surface area (Å²) in [6.07, 6.45) is 6.41. The summed E-state index contributed by atoms with van der Waals surface area (Å²) in [5.74, 6) is -2.16. The fourth-order valence-electron chi connectivity index (χ4n) is 1.74. The normalized spacial score (nSPS) is 25.2. The fraction of sp³-hybridized carbons (Fsp3) is 0.500. The highest BCUT2D eigenvalue weighted by Crippen LogP contribution is 2.26. The number of aliphatic carboxylic acids is 1. The molecular formula is C12H17NO3. The van der Waals surface area contributed by atoms with Crippen molar-refractivity contribution in [1.82, 2.24) is 5.32 Å². The number of hydrogen-bond donors (Lipinski definition) is 2. The van der Waals surface area contributed by atoms with Crippen molar-refractivity contribution in [2.75, 3.05) is 0 Å². The molecule has 0 aliphatic heterocycles. The van der Waals surface area contributed by atoms with Crippen LogP contribution in [0.3, 0.4) is 0 Å². The van der Waals surface area contributed by atoms with Gasteiger partial charge in [0.05, 0.1) is 11.8 Å². The van der Waals surface area contributed by atoms with E-state index in [-0.39, 0.29) is 5.91 Å². The molecule has 0 radical (unpaired) electrons. The van der Waals surface area contributed by atoms with E-state index in [0.29, 0.717) is 12.8 Å². The van der Waals surface area contributed by atoms with Crippen molar-refractivity contribution in [1.29, 1.82) is 0 Å². The molecule has 1 aliphatic carbocycles. The van der Waals surface area contributed by atoms with Crippen LogP contribution in [0.25, 0.3) is 0 Å². The van der Waals surface area contributed by atoms with Crippen LogP contribution in [0, 0.1) is 11.8 Å². The average Bonchev–Trinajstić information content (AvgIpc) is 2.28. The third-order valence-corrected chi connectivity index (χ3v) is 2.84. The lowest BCUT2D eigenvalue weighted by Gasteiger charge is -2.24. The molecule has 1 amide bonds. The van der Waals surface area contributed by atoms with Crippen molar-refractivity contribution in [3.8, 4) is 0 Å². The van der Waals surface area contributed by atoms with Gasteiger partial charge < -0.3 is 10.4 Å². The molecule has 2 atom stereocenters. The smallest absolute Gasteiger partial charge is 0.307 e. The van der Waals surface area contributed by atoms with Gasteiger partial charge in [-0.15, -0.1) is 0 Å². The van der Waals surface area contributed by atoms with E-state index in [1.54, 1.807) is 13.0 Å². The molecule has 2 N–H and O–H groups in total. The van der Waals surface area contributed by atoms with Crippen LogP contribution in [-0.4, -0.2) is 17.0 Å². The maximum absolute atomic E-state index is 11.8. The Hall–Kier alpha value is -1.58. The molecule has 88 valence electrons. The number of allylic oxidation sites excluding steroid dienone is 4. The third-order valence-electron chi connectivity index (χ3n) is 2.84. The largest absolute Gasteiger partial charge is 0.481 e. The van der Waals surface area contributed by atoms with Gasteiger partial charge in [-0.1, -0.05) is 18.2 Å². The zero-order valence-corrected chi connectivity index (χ0v) is 9.56. The van der Waals surface area contributed by atoms with Gasteiger partial charge in [-0.2, -0.15) is 0 Å². The number of carbonyl (C=O) groups excluding carboxylic acids is 1. The third kappa shape index (κ3) is 2.95. The minimum atomic E-state index is -0.900. The van der Waals surface area contributed by atoms with Gasteiger partial charge in [0.1, 0.15) is 0 Å². The van der Waals surface area contributed by atoms with Gasteiger partial charge in [0, 0.05) is 5.70 Å². The van der Waals surface area contributed by atoms with Crippen LogP contribution in [0.15, 0.2) is 23.9 Å². The molecule has 4 heteroatoms. The summed E-state index contributed by atoms with van der Waals surface area (Å²) in [5.41, 5.74) is 0.753. The molecule has 1 rings (SSSR count). The fourth-order valence-corrected chi connectivity index (χ4v) is 1.74. The highest BCUT2D eigenvalue weighted by Gasteiger charge is 2.33. The molecule has 0 aromatic carbocycles. The lowest BCUT2D eigenvalue weighted by atomic mass is 9.82. The van der Waals surface area contributed by atoms with E-state index in [1.165, 1.54) is 0 Å². The summed E-state index contributed by atoms with van der Waals surface area (Å²) < 4.78 is 0. The quantitative estimate of drug-likeness (QED) is 0.715. The molecule has 1 aliphatic rings. The van der Waals surface area contributed by atoms with Crippen molar-refractivity contribution >= 4 is 11.9 Å². The van der Waals surface area contributed by atoms with Gasteiger partial charge in [0.15, 0.2) is 0 Å². The number of nitrogens with one attached hydrogen (secondary N) is 1. The lowest BCUT2D eigenvalue weighted by molar-refractivity contribution is -0.147. The Bertz CT molecular complexity index is 344. The predicted octanol–water partition coefficient (Wildman–Crippen LogP) is 1.69. The molecule has 0 fully saturated rings. The summed E-state index contributed by atoms with van der Waals surface area (Å²) in [7, 11) is 0. The van der Waals surface area contributed by atoms with Crippen LogP contribution in [0.1, 0.15) is 26.7 Å². The first-order chi connectivity index (χ1) is 7.56. The van der Waals surface area contributed by atoms with Gasteiger partial charge in [-0.3, -0.25) is 9.59 Å². The molecule has 0 saturated carbocycles. The monoisotopic (exact) mass is 223 g/mol. The first-order valence-electron chi connectivity index (χ1n) is 5.37. The number of amides is 1. The van der Waals surface area contributed by atoms with E-state index in [2.05, 4.69) is 5.32 Å². The van der Waals surface area contributed by atoms with E-state index in [9.17, 15) is 9.59 Å². The number of carbonyl (C=O) groups is 2. The topological polar surface area (TPSA) is 66.4 Å². The van der Waals surface area contributed by atoms with Gasteiger partial charge in [0.25, 0.3) is 0 Å². The van der Waals surface area contributed by atoms with Gasteiger partial charge >= 0.3 is 5.97 Å². The maximum atomic E-state index is 11.8. The van der Waals surface area contributed by atoms with Crippen molar-refractivity contribution in [2.24, 2.45) is 11.8 Å². The number of rotatable bonds is 3. The Labute approximate surface area is 95.0 Å². The number of carboxylic acids is 1. The van der Waals surface area contributed by atoms with Crippen LogP contribution in [0.4, 0.5) is 0 Å². The van der Waals surface area contributed by atoms with Crippen LogP contribution in [0.5, 0.6) is 0 Å².